The van der Waals surface area contributed by atoms with Crippen LogP contribution in [0.5, 0.6) is 0 Å². The summed E-state index contributed by atoms with van der Waals surface area (Å²) in [7, 11) is 0. The lowest BCUT2D eigenvalue weighted by atomic mass is 10.0. The van der Waals surface area contributed by atoms with Gasteiger partial charge in [-0.05, 0) is 31.7 Å². The van der Waals surface area contributed by atoms with Gasteiger partial charge in [0.05, 0.1) is 6.54 Å². The van der Waals surface area contributed by atoms with E-state index in [1.54, 1.807) is 0 Å². The Bertz CT molecular complexity index is 206. The van der Waals surface area contributed by atoms with Crippen LogP contribution >= 0.6 is 0 Å². The number of carbonyl (C=O) groups excluding carboxylic acids is 1. The van der Waals surface area contributed by atoms with E-state index >= 15 is 0 Å². The molecule has 3 nitrogen and oxygen atoms in total. The van der Waals surface area contributed by atoms with Gasteiger partial charge in [0.1, 0.15) is 0 Å². The molecule has 1 unspecified atom stereocenters. The van der Waals surface area contributed by atoms with E-state index in [1.807, 2.05) is 0 Å². The largest absolute Gasteiger partial charge is 0.355 e. The van der Waals surface area contributed by atoms with E-state index in [0.717, 1.165) is 32.0 Å². The molecule has 1 N–H and O–H groups in total. The summed E-state index contributed by atoms with van der Waals surface area (Å²) in [6.45, 7) is 8.06. The van der Waals surface area contributed by atoms with E-state index in [9.17, 15) is 4.79 Å². The minimum Gasteiger partial charge on any atom is -0.355 e. The Morgan fingerprint density at radius 1 is 1.44 bits per heavy atom. The molecule has 1 saturated heterocycles. The van der Waals surface area contributed by atoms with Crippen molar-refractivity contribution in [3.8, 4) is 0 Å². The predicted octanol–water partition coefficient (Wildman–Crippen LogP) is 2.02. The van der Waals surface area contributed by atoms with Gasteiger partial charge in [-0.2, -0.15) is 0 Å². The zero-order valence-electron chi connectivity index (χ0n) is 10.8. The minimum absolute atomic E-state index is 0.199. The van der Waals surface area contributed by atoms with Crippen LogP contribution in [0.3, 0.4) is 0 Å². The Kier molecular flexibility index (Phi) is 6.46. The molecule has 0 aromatic rings. The third-order valence-corrected chi connectivity index (χ3v) is 3.21. The summed E-state index contributed by atoms with van der Waals surface area (Å²) in [6, 6.07) is 0. The van der Waals surface area contributed by atoms with E-state index in [4.69, 9.17) is 0 Å². The lowest BCUT2D eigenvalue weighted by Crippen LogP contribution is -2.42. The molecule has 94 valence electrons. The molecule has 1 heterocycles. The highest BCUT2D eigenvalue weighted by molar-refractivity contribution is 5.77. The second-order valence-electron chi connectivity index (χ2n) is 5.04. The first-order valence-electron chi connectivity index (χ1n) is 6.71. The molecule has 1 amide bonds. The molecule has 1 aliphatic heterocycles. The molecule has 3 heteroatoms. The normalized spacial score (nSPS) is 22.0. The van der Waals surface area contributed by atoms with Crippen molar-refractivity contribution in [1.29, 1.82) is 0 Å². The first kappa shape index (κ1) is 13.5. The number of nitrogens with one attached hydrogen (secondary N) is 1. The Morgan fingerprint density at radius 3 is 2.94 bits per heavy atom. The third-order valence-electron chi connectivity index (χ3n) is 3.21. The van der Waals surface area contributed by atoms with Crippen LogP contribution in [-0.2, 0) is 4.79 Å². The lowest BCUT2D eigenvalue weighted by Gasteiger charge is -2.30. The summed E-state index contributed by atoms with van der Waals surface area (Å²) in [6.07, 6.45) is 6.08. The van der Waals surface area contributed by atoms with Crippen molar-refractivity contribution in [2.45, 2.75) is 46.0 Å². The van der Waals surface area contributed by atoms with Crippen molar-refractivity contribution in [2.24, 2.45) is 5.92 Å². The number of rotatable bonds is 6. The average Bonchev–Trinajstić information content (AvgIpc) is 2.24. The van der Waals surface area contributed by atoms with Gasteiger partial charge in [0, 0.05) is 13.1 Å². The topological polar surface area (TPSA) is 32.3 Å². The van der Waals surface area contributed by atoms with E-state index in [2.05, 4.69) is 24.1 Å². The Balaban J connectivity index is 2.08. The van der Waals surface area contributed by atoms with Crippen molar-refractivity contribution in [2.75, 3.05) is 26.2 Å². The van der Waals surface area contributed by atoms with Gasteiger partial charge >= 0.3 is 0 Å². The van der Waals surface area contributed by atoms with Gasteiger partial charge in [-0.1, -0.05) is 26.7 Å². The van der Waals surface area contributed by atoms with Gasteiger partial charge in [-0.25, -0.2) is 0 Å². The predicted molar refractivity (Wildman–Crippen MR) is 67.4 cm³/mol. The Morgan fingerprint density at radius 2 is 2.25 bits per heavy atom. The van der Waals surface area contributed by atoms with Crippen LogP contribution in [0, 0.1) is 5.92 Å². The molecular formula is C13H26N2O. The fourth-order valence-electron chi connectivity index (χ4n) is 2.29. The number of piperidine rings is 1. The molecule has 1 fully saturated rings. The number of hydrogen-bond acceptors (Lipinski definition) is 2. The molecule has 0 aliphatic carbocycles. The quantitative estimate of drug-likeness (QED) is 0.703. The highest BCUT2D eigenvalue weighted by atomic mass is 16.2. The summed E-state index contributed by atoms with van der Waals surface area (Å²) in [5.74, 6) is 0.951. The second kappa shape index (κ2) is 7.66. The molecule has 1 aliphatic rings. The molecular weight excluding hydrogens is 200 g/mol. The molecule has 0 saturated carbocycles. The first-order valence-corrected chi connectivity index (χ1v) is 6.71. The minimum atomic E-state index is 0.199. The molecule has 1 atom stereocenters. The molecule has 0 bridgehead atoms. The first-order chi connectivity index (χ1) is 7.72. The monoisotopic (exact) mass is 226 g/mol. The fourth-order valence-corrected chi connectivity index (χ4v) is 2.29. The van der Waals surface area contributed by atoms with Crippen molar-refractivity contribution >= 4 is 5.91 Å². The van der Waals surface area contributed by atoms with Crippen LogP contribution in [0.15, 0.2) is 0 Å². The molecule has 0 spiro atoms. The fraction of sp³-hybridized carbons (Fsp3) is 0.923. The van der Waals surface area contributed by atoms with E-state index in [1.165, 1.54) is 25.7 Å². The second-order valence-corrected chi connectivity index (χ2v) is 5.04. The molecule has 0 aromatic carbocycles. The highest BCUT2D eigenvalue weighted by Crippen LogP contribution is 2.14. The summed E-state index contributed by atoms with van der Waals surface area (Å²) in [4.78, 5) is 13.9. The number of amides is 1. The van der Waals surface area contributed by atoms with E-state index in [-0.39, 0.29) is 5.91 Å². The molecule has 0 aromatic heterocycles. The van der Waals surface area contributed by atoms with Crippen LogP contribution < -0.4 is 5.32 Å². The molecule has 1 rings (SSSR count). The van der Waals surface area contributed by atoms with Gasteiger partial charge in [0.15, 0.2) is 0 Å². The van der Waals surface area contributed by atoms with E-state index < -0.39 is 0 Å². The standard InChI is InChI=1S/C13H26N2O/c1-3-4-5-8-14-13(16)11-15-9-6-7-12(2)10-15/h12H,3-11H2,1-2H3,(H,14,16). The number of unbranched alkanes of at least 4 members (excludes halogenated alkanes) is 2. The molecule has 0 radical (unpaired) electrons. The van der Waals surface area contributed by atoms with Crippen molar-refractivity contribution in [1.82, 2.24) is 10.2 Å². The summed E-state index contributed by atoms with van der Waals surface area (Å²) in [5, 5.41) is 3.00. The van der Waals surface area contributed by atoms with Crippen LogP contribution in [-0.4, -0.2) is 37.0 Å². The van der Waals surface area contributed by atoms with Crippen molar-refractivity contribution < 1.29 is 4.79 Å². The van der Waals surface area contributed by atoms with Gasteiger partial charge < -0.3 is 5.32 Å². The Hall–Kier alpha value is -0.570. The average molecular weight is 226 g/mol. The number of carbonyl (C=O) groups is 1. The van der Waals surface area contributed by atoms with E-state index in [0.29, 0.717) is 6.54 Å². The molecule has 16 heavy (non-hydrogen) atoms. The highest BCUT2D eigenvalue weighted by Gasteiger charge is 2.17. The maximum atomic E-state index is 11.6. The third kappa shape index (κ3) is 5.50. The van der Waals surface area contributed by atoms with Gasteiger partial charge in [-0.15, -0.1) is 0 Å². The summed E-state index contributed by atoms with van der Waals surface area (Å²) < 4.78 is 0. The Labute approximate surface area is 99.6 Å². The number of hydrogen-bond donors (Lipinski definition) is 1. The SMILES string of the molecule is CCCCCNC(=O)CN1CCCC(C)C1. The number of likely N-dealkylation sites (tertiary alicyclic amines) is 1. The van der Waals surface area contributed by atoms with Crippen LogP contribution in [0.2, 0.25) is 0 Å². The van der Waals surface area contributed by atoms with Gasteiger partial charge in [0.2, 0.25) is 5.91 Å². The maximum absolute atomic E-state index is 11.6. The van der Waals surface area contributed by atoms with Gasteiger partial charge in [-0.3, -0.25) is 9.69 Å². The lowest BCUT2D eigenvalue weighted by molar-refractivity contribution is -0.122. The van der Waals surface area contributed by atoms with Crippen molar-refractivity contribution in [3.05, 3.63) is 0 Å². The van der Waals surface area contributed by atoms with Crippen LogP contribution in [0.25, 0.3) is 0 Å². The maximum Gasteiger partial charge on any atom is 0.234 e. The smallest absolute Gasteiger partial charge is 0.234 e. The van der Waals surface area contributed by atoms with Crippen molar-refractivity contribution in [3.63, 3.8) is 0 Å². The summed E-state index contributed by atoms with van der Waals surface area (Å²) in [5.41, 5.74) is 0. The van der Waals surface area contributed by atoms with Gasteiger partial charge in [0.25, 0.3) is 0 Å². The number of nitrogens with zero attached hydrogens (tertiary/aromatic N) is 1. The summed E-state index contributed by atoms with van der Waals surface area (Å²) >= 11 is 0. The van der Waals surface area contributed by atoms with Crippen LogP contribution in [0.1, 0.15) is 46.0 Å². The zero-order chi connectivity index (χ0) is 11.8. The zero-order valence-corrected chi connectivity index (χ0v) is 10.8. The van der Waals surface area contributed by atoms with Crippen LogP contribution in [0.4, 0.5) is 0 Å².